The number of nitrogens with zero attached hydrogens (tertiary/aromatic N) is 4. The van der Waals surface area contributed by atoms with E-state index in [9.17, 15) is 9.13 Å². The number of anilines is 1. The molecule has 0 saturated carbocycles. The zero-order valence-electron chi connectivity index (χ0n) is 16.9. The van der Waals surface area contributed by atoms with Gasteiger partial charge in [0, 0.05) is 25.7 Å². The van der Waals surface area contributed by atoms with Gasteiger partial charge in [-0.25, -0.2) is 9.13 Å². The highest BCUT2D eigenvalue weighted by Crippen LogP contribution is 2.45. The number of unbranched alkanes of at least 4 members (excludes halogenated alkanes) is 1. The third kappa shape index (κ3) is 9.32. The minimum atomic E-state index is -4.92. The molecule has 1 aliphatic rings. The zero-order chi connectivity index (χ0) is 23.9. The summed E-state index contributed by atoms with van der Waals surface area (Å²) in [5.74, 6) is 0.183. The summed E-state index contributed by atoms with van der Waals surface area (Å²) >= 11 is 0. The van der Waals surface area contributed by atoms with E-state index in [1.54, 1.807) is 0 Å². The highest BCUT2D eigenvalue weighted by molar-refractivity contribution is 7.46. The maximum absolute atomic E-state index is 11.3. The topological polar surface area (TPSA) is 263 Å². The molecule has 1 aromatic rings. The van der Waals surface area contributed by atoms with Crippen molar-refractivity contribution in [3.05, 3.63) is 17.9 Å². The van der Waals surface area contributed by atoms with Crippen LogP contribution in [0.3, 0.4) is 0 Å². The van der Waals surface area contributed by atoms with E-state index in [-0.39, 0.29) is 23.8 Å². The largest absolute Gasteiger partial charge is 0.469 e. The Morgan fingerprint density at radius 2 is 1.91 bits per heavy atom. The molecule has 32 heavy (non-hydrogen) atoms. The molecule has 0 unspecified atom stereocenters. The van der Waals surface area contributed by atoms with Gasteiger partial charge < -0.3 is 41.5 Å². The fraction of sp³-hybridized carbons (Fsp3) is 0.643. The third-order valence-electron chi connectivity index (χ3n) is 4.15. The Labute approximate surface area is 182 Å². The molecule has 10 N–H and O–H groups in total. The van der Waals surface area contributed by atoms with E-state index in [4.69, 9.17) is 46.0 Å². The maximum Gasteiger partial charge on any atom is 0.469 e. The molecule has 0 amide bonds. The summed E-state index contributed by atoms with van der Waals surface area (Å²) in [5.41, 5.74) is 16.4. The van der Waals surface area contributed by atoms with Crippen LogP contribution in [0.2, 0.25) is 0 Å². The molecule has 0 bridgehead atoms. The van der Waals surface area contributed by atoms with Gasteiger partial charge in [-0.1, -0.05) is 0 Å². The minimum Gasteiger partial charge on any atom is -0.384 e. The van der Waals surface area contributed by atoms with Gasteiger partial charge in [-0.3, -0.25) is 23.6 Å². The number of hydrogen-bond acceptors (Lipinski definition) is 9. The highest BCUT2D eigenvalue weighted by Gasteiger charge is 2.41. The van der Waals surface area contributed by atoms with Crippen molar-refractivity contribution < 1.29 is 42.5 Å². The molecule has 2 rings (SSSR count). The second kappa shape index (κ2) is 11.3. The summed E-state index contributed by atoms with van der Waals surface area (Å²) in [7, 11) is -9.76. The molecule has 16 nitrogen and oxygen atoms in total. The van der Waals surface area contributed by atoms with E-state index in [1.807, 2.05) is 0 Å². The number of phosphoric ester groups is 2. The molecule has 0 aliphatic carbocycles. The fourth-order valence-electron chi connectivity index (χ4n) is 2.87. The number of ether oxygens (including phenoxy) is 1. The Kier molecular flexibility index (Phi) is 9.33. The lowest BCUT2D eigenvalue weighted by Crippen LogP contribution is -2.30. The molecule has 1 saturated heterocycles. The monoisotopic (exact) mass is 499 g/mol. The number of rotatable bonds is 11. The van der Waals surface area contributed by atoms with Gasteiger partial charge in [0.05, 0.1) is 6.61 Å². The van der Waals surface area contributed by atoms with Crippen molar-refractivity contribution in [2.75, 3.05) is 25.4 Å². The molecule has 0 radical (unpaired) electrons. The van der Waals surface area contributed by atoms with Crippen molar-refractivity contribution in [1.82, 2.24) is 9.55 Å². The summed E-state index contributed by atoms with van der Waals surface area (Å²) < 4.78 is 38.6. The number of nitrogens with two attached hydrogens (primary N) is 3. The van der Waals surface area contributed by atoms with Gasteiger partial charge in [-0.15, -0.1) is 0 Å². The average molecular weight is 499 g/mol. The molecular formula is C14H27N7O9P2. The van der Waals surface area contributed by atoms with Crippen LogP contribution < -0.4 is 22.8 Å². The minimum absolute atomic E-state index is 0.0000233. The van der Waals surface area contributed by atoms with Crippen LogP contribution in [-0.2, 0) is 22.9 Å². The Morgan fingerprint density at radius 3 is 2.53 bits per heavy atom. The fourth-order valence-corrected chi connectivity index (χ4v) is 3.78. The summed E-state index contributed by atoms with van der Waals surface area (Å²) in [6.45, 7) is 0.137. The lowest BCUT2D eigenvalue weighted by Gasteiger charge is -2.19. The van der Waals surface area contributed by atoms with Crippen molar-refractivity contribution >= 4 is 27.4 Å². The van der Waals surface area contributed by atoms with Crippen molar-refractivity contribution in [2.45, 2.75) is 37.7 Å². The molecule has 18 heteroatoms. The molecule has 3 atom stereocenters. The smallest absolute Gasteiger partial charge is 0.384 e. The summed E-state index contributed by atoms with van der Waals surface area (Å²) in [6, 6.07) is 1.47. The first kappa shape index (κ1) is 26.4. The summed E-state index contributed by atoms with van der Waals surface area (Å²) in [4.78, 5) is 48.5. The average Bonchev–Trinajstić information content (AvgIpc) is 3.02. The summed E-state index contributed by atoms with van der Waals surface area (Å²) in [5, 5.41) is 0. The van der Waals surface area contributed by atoms with Crippen molar-refractivity contribution in [3.8, 4) is 0 Å². The molecule has 182 valence electrons. The van der Waals surface area contributed by atoms with Crippen LogP contribution in [0, 0.1) is 0 Å². The first-order chi connectivity index (χ1) is 14.8. The van der Waals surface area contributed by atoms with Crippen LogP contribution in [0.5, 0.6) is 0 Å². The molecule has 1 aromatic heterocycles. The van der Waals surface area contributed by atoms with Crippen LogP contribution in [0.1, 0.15) is 25.5 Å². The van der Waals surface area contributed by atoms with E-state index in [2.05, 4.69) is 19.5 Å². The van der Waals surface area contributed by atoms with Gasteiger partial charge in [0.2, 0.25) is 5.62 Å². The number of phosphoric acid groups is 2. The van der Waals surface area contributed by atoms with Crippen LogP contribution in [0.4, 0.5) is 5.82 Å². The zero-order valence-corrected chi connectivity index (χ0v) is 18.7. The van der Waals surface area contributed by atoms with Crippen molar-refractivity contribution in [3.63, 3.8) is 0 Å². The predicted octanol–water partition coefficient (Wildman–Crippen LogP) is -1.71. The summed E-state index contributed by atoms with van der Waals surface area (Å²) in [6.07, 6.45) is -0.520. The van der Waals surface area contributed by atoms with Crippen LogP contribution in [0.15, 0.2) is 22.2 Å². The van der Waals surface area contributed by atoms with E-state index in [0.29, 0.717) is 25.9 Å². The Balaban J connectivity index is 2.18. The number of aliphatic imine (C=N–C) groups is 1. The number of guanidine groups is 1. The predicted molar refractivity (Wildman–Crippen MR) is 110 cm³/mol. The molecular weight excluding hydrogens is 472 g/mol. The van der Waals surface area contributed by atoms with Crippen LogP contribution in [-0.4, -0.2) is 67.0 Å². The first-order valence-corrected chi connectivity index (χ1v) is 12.4. The van der Waals surface area contributed by atoms with Gasteiger partial charge in [0.25, 0.3) is 0 Å². The molecule has 2 heterocycles. The van der Waals surface area contributed by atoms with E-state index in [0.717, 1.165) is 0 Å². The quantitative estimate of drug-likeness (QED) is 0.0775. The Bertz CT molecular complexity index is 956. The van der Waals surface area contributed by atoms with E-state index in [1.165, 1.54) is 16.8 Å². The van der Waals surface area contributed by atoms with E-state index >= 15 is 0 Å². The van der Waals surface area contributed by atoms with Crippen molar-refractivity contribution in [2.24, 2.45) is 21.5 Å². The SMILES string of the molecule is NC(N)=NCCCCN=c1nc(N)ccn1[C@H]1C[C@H](OP(=O)(O)O)[C@@H](COP(=O)(O)O)O1. The molecule has 1 aliphatic heterocycles. The highest BCUT2D eigenvalue weighted by atomic mass is 31.2. The third-order valence-corrected chi connectivity index (χ3v) is 5.18. The van der Waals surface area contributed by atoms with Gasteiger partial charge in [-0.2, -0.15) is 4.98 Å². The second-order valence-corrected chi connectivity index (χ2v) is 9.17. The van der Waals surface area contributed by atoms with Gasteiger partial charge >= 0.3 is 15.6 Å². The maximum atomic E-state index is 11.3. The Morgan fingerprint density at radius 1 is 1.22 bits per heavy atom. The lowest BCUT2D eigenvalue weighted by molar-refractivity contribution is -0.0446. The number of aromatic nitrogens is 2. The molecule has 1 fully saturated rings. The van der Waals surface area contributed by atoms with Gasteiger partial charge in [0.15, 0.2) is 5.96 Å². The number of hydrogen-bond donors (Lipinski definition) is 7. The van der Waals surface area contributed by atoms with E-state index < -0.39 is 40.7 Å². The Hall–Kier alpha value is -1.87. The second-order valence-electron chi connectivity index (χ2n) is 6.74. The normalized spacial score (nSPS) is 22.2. The van der Waals surface area contributed by atoms with Crippen molar-refractivity contribution in [1.29, 1.82) is 0 Å². The number of nitrogen functional groups attached to an aromatic ring is 1. The van der Waals surface area contributed by atoms with Gasteiger partial charge in [0.1, 0.15) is 24.3 Å². The van der Waals surface area contributed by atoms with Crippen LogP contribution >= 0.6 is 15.6 Å². The molecule has 0 spiro atoms. The first-order valence-electron chi connectivity index (χ1n) is 9.34. The van der Waals surface area contributed by atoms with Gasteiger partial charge in [-0.05, 0) is 18.9 Å². The lowest BCUT2D eigenvalue weighted by atomic mass is 10.2. The van der Waals surface area contributed by atoms with Crippen LogP contribution in [0.25, 0.3) is 0 Å². The molecule has 0 aromatic carbocycles. The standard InChI is InChI=1S/C14H27N7O9P2/c15-11-3-6-21(14(20-11)19-5-2-1-4-18-13(16)17)12-7-9(30-32(25,26)27)10(29-12)8-28-31(22,23)24/h3,6,9-10,12H,1-2,4-5,7-8H2,(H2,15,19,20)(H4,16,17,18)(H2,22,23,24)(H2,25,26,27)/t9-,10+,12+/m0/s1.